The molecule has 1 N–H and O–H groups in total. The Morgan fingerprint density at radius 3 is 2.75 bits per heavy atom. The highest BCUT2D eigenvalue weighted by Gasteiger charge is 2.25. The molecule has 1 aliphatic carbocycles. The van der Waals surface area contributed by atoms with Crippen LogP contribution in [0.2, 0.25) is 5.02 Å². The average molecular weight is 243 g/mol. The zero-order valence-corrected chi connectivity index (χ0v) is 10.7. The van der Waals surface area contributed by atoms with Gasteiger partial charge >= 0.3 is 0 Å². The van der Waals surface area contributed by atoms with E-state index >= 15 is 0 Å². The fraction of sp³-hybridized carbons (Fsp3) is 0.750. The van der Waals surface area contributed by atoms with Gasteiger partial charge in [-0.15, -0.1) is 0 Å². The van der Waals surface area contributed by atoms with Crippen LogP contribution in [0.15, 0.2) is 0 Å². The van der Waals surface area contributed by atoms with E-state index < -0.39 is 0 Å². The predicted octanol–water partition coefficient (Wildman–Crippen LogP) is 2.34. The van der Waals surface area contributed by atoms with Crippen molar-refractivity contribution in [2.24, 2.45) is 13.0 Å². The first-order chi connectivity index (χ1) is 7.61. The van der Waals surface area contributed by atoms with Crippen molar-refractivity contribution in [1.82, 2.24) is 9.78 Å². The number of rotatable bonds is 3. The van der Waals surface area contributed by atoms with Crippen LogP contribution in [-0.4, -0.2) is 21.0 Å². The van der Waals surface area contributed by atoms with Crippen molar-refractivity contribution in [3.8, 4) is 0 Å². The van der Waals surface area contributed by atoms with E-state index in [0.717, 1.165) is 48.5 Å². The van der Waals surface area contributed by atoms with Crippen LogP contribution in [0.3, 0.4) is 0 Å². The lowest BCUT2D eigenvalue weighted by Crippen LogP contribution is -2.07. The van der Waals surface area contributed by atoms with E-state index in [1.807, 2.05) is 11.7 Å². The van der Waals surface area contributed by atoms with Crippen molar-refractivity contribution in [3.05, 3.63) is 16.4 Å². The molecule has 0 bridgehead atoms. The number of aryl methyl sites for hydroxylation is 2. The lowest BCUT2D eigenvalue weighted by Gasteiger charge is -2.09. The maximum atomic E-state index is 9.51. The molecule has 1 saturated carbocycles. The lowest BCUT2D eigenvalue weighted by molar-refractivity contribution is 0.177. The Kier molecular flexibility index (Phi) is 3.55. The number of halogens is 1. The largest absolute Gasteiger partial charge is 0.393 e. The quantitative estimate of drug-likeness (QED) is 0.884. The van der Waals surface area contributed by atoms with E-state index in [9.17, 15) is 5.11 Å². The van der Waals surface area contributed by atoms with Gasteiger partial charge in [-0.25, -0.2) is 0 Å². The number of hydrogen-bond acceptors (Lipinski definition) is 2. The highest BCUT2D eigenvalue weighted by Crippen LogP contribution is 2.31. The number of nitrogens with zero attached hydrogens (tertiary/aromatic N) is 2. The van der Waals surface area contributed by atoms with Gasteiger partial charge in [-0.05, 0) is 38.0 Å². The highest BCUT2D eigenvalue weighted by molar-refractivity contribution is 6.31. The first-order valence-corrected chi connectivity index (χ1v) is 6.38. The van der Waals surface area contributed by atoms with Gasteiger partial charge in [-0.2, -0.15) is 5.10 Å². The molecule has 16 heavy (non-hydrogen) atoms. The maximum absolute atomic E-state index is 9.51. The van der Waals surface area contributed by atoms with Gasteiger partial charge in [0.25, 0.3) is 0 Å². The number of aliphatic hydroxyl groups is 1. The number of aliphatic hydroxyl groups excluding tert-OH is 1. The Bertz CT molecular complexity index is 375. The van der Waals surface area contributed by atoms with Gasteiger partial charge in [0, 0.05) is 7.05 Å². The van der Waals surface area contributed by atoms with E-state index in [-0.39, 0.29) is 6.10 Å². The summed E-state index contributed by atoms with van der Waals surface area (Å²) in [4.78, 5) is 0. The summed E-state index contributed by atoms with van der Waals surface area (Å²) in [7, 11) is 1.95. The zero-order chi connectivity index (χ0) is 11.7. The smallest absolute Gasteiger partial charge is 0.0849 e. The molecule has 0 saturated heterocycles. The summed E-state index contributed by atoms with van der Waals surface area (Å²) in [6.07, 6.45) is 4.65. The lowest BCUT2D eigenvalue weighted by atomic mass is 10.0. The van der Waals surface area contributed by atoms with Gasteiger partial charge in [0.05, 0.1) is 22.5 Å². The van der Waals surface area contributed by atoms with Crippen LogP contribution < -0.4 is 0 Å². The molecule has 1 heterocycles. The van der Waals surface area contributed by atoms with Crippen molar-refractivity contribution in [1.29, 1.82) is 0 Å². The number of aromatic nitrogens is 2. The van der Waals surface area contributed by atoms with Gasteiger partial charge in [0.1, 0.15) is 0 Å². The van der Waals surface area contributed by atoms with Crippen LogP contribution in [-0.2, 0) is 19.9 Å². The Labute approximate surface area is 101 Å². The molecule has 2 atom stereocenters. The molecule has 0 aromatic carbocycles. The van der Waals surface area contributed by atoms with Crippen LogP contribution in [0.5, 0.6) is 0 Å². The van der Waals surface area contributed by atoms with Crippen molar-refractivity contribution < 1.29 is 5.11 Å². The normalized spacial score (nSPS) is 25.2. The van der Waals surface area contributed by atoms with Crippen molar-refractivity contribution in [2.45, 2.75) is 45.1 Å². The molecule has 0 amide bonds. The second kappa shape index (κ2) is 4.76. The van der Waals surface area contributed by atoms with Crippen LogP contribution >= 0.6 is 11.6 Å². The van der Waals surface area contributed by atoms with Gasteiger partial charge in [-0.1, -0.05) is 18.5 Å². The molecule has 0 radical (unpaired) electrons. The minimum atomic E-state index is -0.109. The third-order valence-corrected chi connectivity index (χ3v) is 3.93. The van der Waals surface area contributed by atoms with E-state index in [1.165, 1.54) is 0 Å². The monoisotopic (exact) mass is 242 g/mol. The van der Waals surface area contributed by atoms with E-state index in [1.54, 1.807) is 0 Å². The number of hydrogen-bond donors (Lipinski definition) is 1. The molecule has 1 fully saturated rings. The van der Waals surface area contributed by atoms with Crippen LogP contribution in [0.1, 0.15) is 37.6 Å². The summed E-state index contributed by atoms with van der Waals surface area (Å²) in [5.74, 6) is 0.563. The molecule has 0 spiro atoms. The van der Waals surface area contributed by atoms with Crippen LogP contribution in [0.4, 0.5) is 0 Å². The molecule has 2 rings (SSSR count). The van der Waals surface area contributed by atoms with Crippen molar-refractivity contribution >= 4 is 11.6 Å². The molecule has 0 aliphatic heterocycles. The Hall–Kier alpha value is -0.540. The summed E-state index contributed by atoms with van der Waals surface area (Å²) in [5.41, 5.74) is 2.11. The molecule has 4 heteroatoms. The molecule has 1 aliphatic rings. The zero-order valence-electron chi connectivity index (χ0n) is 9.91. The van der Waals surface area contributed by atoms with Crippen molar-refractivity contribution in [3.63, 3.8) is 0 Å². The van der Waals surface area contributed by atoms with Gasteiger partial charge in [-0.3, -0.25) is 4.68 Å². The van der Waals surface area contributed by atoms with Crippen LogP contribution in [0.25, 0.3) is 0 Å². The summed E-state index contributed by atoms with van der Waals surface area (Å²) in [5, 5.41) is 14.7. The van der Waals surface area contributed by atoms with E-state index in [2.05, 4.69) is 12.0 Å². The molecule has 2 unspecified atom stereocenters. The van der Waals surface area contributed by atoms with E-state index in [4.69, 9.17) is 11.6 Å². The molecule has 3 nitrogen and oxygen atoms in total. The summed E-state index contributed by atoms with van der Waals surface area (Å²) in [6.45, 7) is 2.07. The maximum Gasteiger partial charge on any atom is 0.0849 e. The molecular formula is C12H19ClN2O. The predicted molar refractivity (Wildman–Crippen MR) is 64.6 cm³/mol. The third-order valence-electron chi connectivity index (χ3n) is 3.50. The Morgan fingerprint density at radius 1 is 1.50 bits per heavy atom. The second-order valence-electron chi connectivity index (χ2n) is 4.72. The van der Waals surface area contributed by atoms with Gasteiger partial charge in [0.2, 0.25) is 0 Å². The van der Waals surface area contributed by atoms with Gasteiger partial charge < -0.3 is 5.11 Å². The first-order valence-electron chi connectivity index (χ1n) is 6.00. The Balaban J connectivity index is 2.12. The van der Waals surface area contributed by atoms with Crippen LogP contribution in [0, 0.1) is 5.92 Å². The summed E-state index contributed by atoms with van der Waals surface area (Å²) in [6, 6.07) is 0. The van der Waals surface area contributed by atoms with E-state index in [0.29, 0.717) is 5.92 Å². The standard InChI is InChI=1S/C12H19ClN2O/c1-3-10-12(13)11(15(2)14-10)7-8-4-5-9(16)6-8/h8-9,16H,3-7H2,1-2H3. The minimum Gasteiger partial charge on any atom is -0.393 e. The summed E-state index contributed by atoms with van der Waals surface area (Å²) < 4.78 is 1.89. The fourth-order valence-electron chi connectivity index (χ4n) is 2.55. The minimum absolute atomic E-state index is 0.109. The highest BCUT2D eigenvalue weighted by atomic mass is 35.5. The Morgan fingerprint density at radius 2 is 2.25 bits per heavy atom. The SMILES string of the molecule is CCc1nn(C)c(CC2CCC(O)C2)c1Cl. The first kappa shape index (κ1) is 11.9. The molecular weight excluding hydrogens is 224 g/mol. The average Bonchev–Trinajstić information content (AvgIpc) is 2.77. The van der Waals surface area contributed by atoms with Gasteiger partial charge in [0.15, 0.2) is 0 Å². The second-order valence-corrected chi connectivity index (χ2v) is 5.10. The molecule has 1 aromatic rings. The molecule has 1 aromatic heterocycles. The molecule has 90 valence electrons. The van der Waals surface area contributed by atoms with Crippen molar-refractivity contribution in [2.75, 3.05) is 0 Å². The third kappa shape index (κ3) is 2.25. The fourth-order valence-corrected chi connectivity index (χ4v) is 2.92. The summed E-state index contributed by atoms with van der Waals surface area (Å²) >= 11 is 6.30. The topological polar surface area (TPSA) is 38.0 Å².